The Hall–Kier alpha value is -3.25. The highest BCUT2D eigenvalue weighted by molar-refractivity contribution is 6.37. The topological polar surface area (TPSA) is 90.8 Å². The lowest BCUT2D eigenvalue weighted by Crippen LogP contribution is -2.15. The maximum Gasteiger partial charge on any atom is 0.258 e. The number of nitrogens with zero attached hydrogens (tertiary/aromatic N) is 2. The zero-order chi connectivity index (χ0) is 21.7. The summed E-state index contributed by atoms with van der Waals surface area (Å²) in [4.78, 5) is 21.5. The molecule has 3 aromatic rings. The quantitative estimate of drug-likeness (QED) is 0.444. The summed E-state index contributed by atoms with van der Waals surface area (Å²) in [5.74, 6) is 0.467. The first-order valence-electron chi connectivity index (χ1n) is 9.65. The number of anilines is 2. The van der Waals surface area contributed by atoms with Gasteiger partial charge in [0.15, 0.2) is 0 Å². The van der Waals surface area contributed by atoms with Gasteiger partial charge in [-0.2, -0.15) is 0 Å². The van der Waals surface area contributed by atoms with E-state index in [1.807, 2.05) is 49.4 Å². The van der Waals surface area contributed by atoms with Gasteiger partial charge in [0.1, 0.15) is 5.82 Å². The molecular weight excluding hydrogens is 398 g/mol. The third kappa shape index (κ3) is 5.02. The number of pyridine rings is 2. The minimum Gasteiger partial charge on any atom is -0.364 e. The number of hydrogen-bond acceptors (Lipinski definition) is 5. The second-order valence-electron chi connectivity index (χ2n) is 7.25. The molecule has 154 valence electrons. The van der Waals surface area contributed by atoms with Crippen molar-refractivity contribution in [3.63, 3.8) is 0 Å². The molecule has 0 bridgehead atoms. The van der Waals surface area contributed by atoms with Crippen LogP contribution in [-0.2, 0) is 6.54 Å². The molecule has 6 nitrogen and oxygen atoms in total. The Morgan fingerprint density at radius 3 is 2.57 bits per heavy atom. The van der Waals surface area contributed by atoms with Gasteiger partial charge in [0.05, 0.1) is 28.4 Å². The molecule has 0 aliphatic heterocycles. The summed E-state index contributed by atoms with van der Waals surface area (Å²) < 4.78 is 0. The first-order chi connectivity index (χ1) is 14.4. The van der Waals surface area contributed by atoms with E-state index < -0.39 is 0 Å². The van der Waals surface area contributed by atoms with Crippen LogP contribution >= 0.6 is 11.6 Å². The van der Waals surface area contributed by atoms with E-state index in [1.54, 1.807) is 0 Å². The van der Waals surface area contributed by atoms with E-state index in [-0.39, 0.29) is 16.5 Å². The van der Waals surface area contributed by atoms with Crippen LogP contribution in [0.15, 0.2) is 48.7 Å². The van der Waals surface area contributed by atoms with Crippen LogP contribution in [0.1, 0.15) is 52.6 Å². The van der Waals surface area contributed by atoms with Crippen LogP contribution in [0.25, 0.3) is 0 Å². The summed E-state index contributed by atoms with van der Waals surface area (Å²) in [5, 5.41) is 13.9. The molecule has 2 heterocycles. The van der Waals surface area contributed by atoms with Crippen molar-refractivity contribution in [2.45, 2.75) is 33.2 Å². The van der Waals surface area contributed by atoms with E-state index in [9.17, 15) is 4.79 Å². The maximum atomic E-state index is 12.7. The van der Waals surface area contributed by atoms with Crippen LogP contribution in [-0.4, -0.2) is 22.1 Å². The van der Waals surface area contributed by atoms with Crippen molar-refractivity contribution in [2.75, 3.05) is 10.6 Å². The summed E-state index contributed by atoms with van der Waals surface area (Å²) in [7, 11) is 0. The second kappa shape index (κ2) is 9.50. The van der Waals surface area contributed by atoms with Crippen molar-refractivity contribution in [2.24, 2.45) is 0 Å². The van der Waals surface area contributed by atoms with Gasteiger partial charge < -0.3 is 16.0 Å². The van der Waals surface area contributed by atoms with Crippen molar-refractivity contribution in [1.82, 2.24) is 9.97 Å². The standard InChI is InChI=1S/C23H24ClN5O/c1-14(2)16-7-9-17(10-8-16)29-23(30)20-13-27-22(19(11-25)21(20)24)26-12-18-6-4-5-15(3)28-18/h4-11,13-14,25H,12H2,1-3H3,(H,26,27)(H,29,30). The number of carbonyl (C=O) groups excluding carboxylic acids is 1. The van der Waals surface area contributed by atoms with E-state index in [1.165, 1.54) is 11.8 Å². The van der Waals surface area contributed by atoms with Crippen LogP contribution in [0.3, 0.4) is 0 Å². The molecule has 0 aliphatic carbocycles. The fraction of sp³-hybridized carbons (Fsp3) is 0.217. The molecule has 0 atom stereocenters. The third-order valence-corrected chi connectivity index (χ3v) is 5.07. The highest BCUT2D eigenvalue weighted by Crippen LogP contribution is 2.26. The number of benzene rings is 1. The Bertz CT molecular complexity index is 1060. The zero-order valence-electron chi connectivity index (χ0n) is 17.2. The van der Waals surface area contributed by atoms with Crippen LogP contribution in [0.2, 0.25) is 5.02 Å². The van der Waals surface area contributed by atoms with Gasteiger partial charge in [0.25, 0.3) is 5.91 Å². The molecule has 7 heteroatoms. The van der Waals surface area contributed by atoms with Crippen molar-refractivity contribution < 1.29 is 4.79 Å². The second-order valence-corrected chi connectivity index (χ2v) is 7.63. The van der Waals surface area contributed by atoms with Gasteiger partial charge in [0, 0.05) is 23.8 Å². The van der Waals surface area contributed by atoms with Crippen molar-refractivity contribution >= 4 is 35.2 Å². The summed E-state index contributed by atoms with van der Waals surface area (Å²) in [5.41, 5.74) is 4.19. The Balaban J connectivity index is 1.77. The minimum absolute atomic E-state index is 0.177. The third-order valence-electron chi connectivity index (χ3n) is 4.66. The van der Waals surface area contributed by atoms with Crippen LogP contribution < -0.4 is 10.6 Å². The average molecular weight is 422 g/mol. The van der Waals surface area contributed by atoms with E-state index in [0.29, 0.717) is 29.5 Å². The summed E-state index contributed by atoms with van der Waals surface area (Å²) in [6.07, 6.45) is 2.51. The summed E-state index contributed by atoms with van der Waals surface area (Å²) in [6.45, 7) is 6.58. The van der Waals surface area contributed by atoms with Crippen molar-refractivity contribution in [3.05, 3.63) is 81.8 Å². The summed E-state index contributed by atoms with van der Waals surface area (Å²) in [6, 6.07) is 13.4. The van der Waals surface area contributed by atoms with E-state index in [2.05, 4.69) is 34.4 Å². The van der Waals surface area contributed by atoms with Gasteiger partial charge >= 0.3 is 0 Å². The Morgan fingerprint density at radius 1 is 1.20 bits per heavy atom. The zero-order valence-corrected chi connectivity index (χ0v) is 17.9. The van der Waals surface area contributed by atoms with Crippen molar-refractivity contribution in [3.8, 4) is 0 Å². The number of aromatic nitrogens is 2. The highest BCUT2D eigenvalue weighted by Gasteiger charge is 2.17. The Kier molecular flexibility index (Phi) is 6.79. The Labute approximate surface area is 181 Å². The molecule has 0 radical (unpaired) electrons. The molecule has 0 fully saturated rings. The lowest BCUT2D eigenvalue weighted by molar-refractivity contribution is 0.102. The predicted molar refractivity (Wildman–Crippen MR) is 122 cm³/mol. The number of nitrogens with one attached hydrogen (secondary N) is 3. The van der Waals surface area contributed by atoms with Crippen LogP contribution in [0.5, 0.6) is 0 Å². The molecule has 3 rings (SSSR count). The number of hydrogen-bond donors (Lipinski definition) is 3. The smallest absolute Gasteiger partial charge is 0.258 e. The molecule has 0 saturated heterocycles. The van der Waals surface area contributed by atoms with Crippen LogP contribution in [0.4, 0.5) is 11.5 Å². The van der Waals surface area contributed by atoms with Gasteiger partial charge in [-0.25, -0.2) is 4.98 Å². The molecule has 2 aromatic heterocycles. The summed E-state index contributed by atoms with van der Waals surface area (Å²) >= 11 is 6.44. The monoisotopic (exact) mass is 421 g/mol. The molecule has 0 saturated carbocycles. The van der Waals surface area contributed by atoms with E-state index in [0.717, 1.165) is 17.6 Å². The molecule has 3 N–H and O–H groups in total. The number of amides is 1. The van der Waals surface area contributed by atoms with Gasteiger partial charge in [-0.1, -0.05) is 43.6 Å². The minimum atomic E-state index is -0.375. The molecule has 0 unspecified atom stereocenters. The Morgan fingerprint density at radius 2 is 1.93 bits per heavy atom. The molecule has 0 aliphatic rings. The number of rotatable bonds is 7. The lowest BCUT2D eigenvalue weighted by atomic mass is 10.0. The first kappa shape index (κ1) is 21.5. The van der Waals surface area contributed by atoms with E-state index >= 15 is 0 Å². The SMILES string of the molecule is Cc1cccc(CNc2ncc(C(=O)Nc3ccc(C(C)C)cc3)c(Cl)c2C=N)n1. The largest absolute Gasteiger partial charge is 0.364 e. The molecule has 1 aromatic carbocycles. The van der Waals surface area contributed by atoms with Gasteiger partial charge in [-0.3, -0.25) is 9.78 Å². The van der Waals surface area contributed by atoms with Gasteiger partial charge in [-0.15, -0.1) is 0 Å². The fourth-order valence-electron chi connectivity index (χ4n) is 2.96. The molecular formula is C23H24ClN5O. The number of carbonyl (C=O) groups is 1. The van der Waals surface area contributed by atoms with Crippen LogP contribution in [0, 0.1) is 12.3 Å². The van der Waals surface area contributed by atoms with Gasteiger partial charge in [0.2, 0.25) is 0 Å². The fourth-order valence-corrected chi connectivity index (χ4v) is 3.24. The van der Waals surface area contributed by atoms with Gasteiger partial charge in [-0.05, 0) is 42.7 Å². The molecule has 30 heavy (non-hydrogen) atoms. The predicted octanol–water partition coefficient (Wildman–Crippen LogP) is 5.42. The molecule has 0 spiro atoms. The lowest BCUT2D eigenvalue weighted by Gasteiger charge is -2.13. The average Bonchev–Trinajstić information content (AvgIpc) is 2.72. The maximum absolute atomic E-state index is 12.7. The van der Waals surface area contributed by atoms with Crippen molar-refractivity contribution in [1.29, 1.82) is 5.41 Å². The number of aryl methyl sites for hydroxylation is 1. The number of halogens is 1. The normalized spacial score (nSPS) is 10.7. The van der Waals surface area contributed by atoms with E-state index in [4.69, 9.17) is 17.0 Å². The highest BCUT2D eigenvalue weighted by atomic mass is 35.5. The first-order valence-corrected chi connectivity index (χ1v) is 10.0. The molecule has 1 amide bonds.